The molecule has 0 aromatic carbocycles. The first kappa shape index (κ1) is 5.82. The summed E-state index contributed by atoms with van der Waals surface area (Å²) in [4.78, 5) is 12.9. The van der Waals surface area contributed by atoms with Gasteiger partial charge in [0.05, 0.1) is 5.69 Å². The van der Waals surface area contributed by atoms with Gasteiger partial charge in [0.15, 0.2) is 6.29 Å². The Bertz CT molecular complexity index is 202. The van der Waals surface area contributed by atoms with E-state index < -0.39 is 0 Å². The minimum atomic E-state index is 0.588. The Labute approximate surface area is 53.2 Å². The number of aldehydes is 1. The Kier molecular flexibility index (Phi) is 1.49. The summed E-state index contributed by atoms with van der Waals surface area (Å²) in [6, 6.07) is 1.80. The number of hydrogen-bond acceptors (Lipinski definition) is 1. The van der Waals surface area contributed by atoms with Gasteiger partial charge >= 0.3 is 0 Å². The summed E-state index contributed by atoms with van der Waals surface area (Å²) < 4.78 is 0. The van der Waals surface area contributed by atoms with Gasteiger partial charge < -0.3 is 4.98 Å². The second kappa shape index (κ2) is 2.31. The average Bonchev–Trinajstić information content (AvgIpc) is 2.33. The van der Waals surface area contributed by atoms with Gasteiger partial charge in [0.2, 0.25) is 0 Å². The number of rotatable bonds is 2. The fourth-order valence-electron chi connectivity index (χ4n) is 0.674. The number of nitrogens with one attached hydrogen (secondary N) is 1. The van der Waals surface area contributed by atoms with E-state index in [1.807, 2.05) is 0 Å². The van der Waals surface area contributed by atoms with Gasteiger partial charge in [-0.3, -0.25) is 4.79 Å². The zero-order chi connectivity index (χ0) is 6.69. The molecule has 0 aliphatic heterocycles. The molecule has 2 heteroatoms. The van der Waals surface area contributed by atoms with E-state index in [-0.39, 0.29) is 0 Å². The standard InChI is InChI=1S/C7H7NO/c1-2-6-3-4-8-7(6)5-9/h2-5,8H,1H2. The molecule has 0 saturated heterocycles. The van der Waals surface area contributed by atoms with Gasteiger partial charge in [-0.1, -0.05) is 12.7 Å². The van der Waals surface area contributed by atoms with Crippen LogP contribution in [0.1, 0.15) is 16.1 Å². The zero-order valence-electron chi connectivity index (χ0n) is 4.92. The molecule has 1 aromatic heterocycles. The fourth-order valence-corrected chi connectivity index (χ4v) is 0.674. The summed E-state index contributed by atoms with van der Waals surface area (Å²) in [6.07, 6.45) is 4.12. The van der Waals surface area contributed by atoms with Crippen LogP contribution in [0.2, 0.25) is 0 Å². The van der Waals surface area contributed by atoms with Gasteiger partial charge in [-0.15, -0.1) is 0 Å². The summed E-state index contributed by atoms with van der Waals surface area (Å²) in [6.45, 7) is 3.53. The Balaban J connectivity index is 3.12. The maximum atomic E-state index is 10.2. The first-order chi connectivity index (χ1) is 4.38. The molecule has 0 bridgehead atoms. The Morgan fingerprint density at radius 3 is 2.89 bits per heavy atom. The summed E-state index contributed by atoms with van der Waals surface area (Å²) in [7, 11) is 0. The highest BCUT2D eigenvalue weighted by molar-refractivity contribution is 5.78. The Morgan fingerprint density at radius 2 is 2.44 bits per heavy atom. The molecule has 1 rings (SSSR count). The van der Waals surface area contributed by atoms with Crippen molar-refractivity contribution >= 4 is 12.4 Å². The van der Waals surface area contributed by atoms with Crippen LogP contribution in [0.5, 0.6) is 0 Å². The SMILES string of the molecule is C=Cc1cc[nH]c1C=O. The van der Waals surface area contributed by atoms with Crippen molar-refractivity contribution in [2.24, 2.45) is 0 Å². The summed E-state index contributed by atoms with van der Waals surface area (Å²) in [5.74, 6) is 0. The molecule has 0 aliphatic rings. The second-order valence-corrected chi connectivity index (χ2v) is 1.67. The highest BCUT2D eigenvalue weighted by Gasteiger charge is 1.94. The van der Waals surface area contributed by atoms with Crippen LogP contribution in [-0.2, 0) is 0 Å². The molecule has 2 nitrogen and oxygen atoms in total. The van der Waals surface area contributed by atoms with Crippen molar-refractivity contribution in [2.45, 2.75) is 0 Å². The van der Waals surface area contributed by atoms with Crippen LogP contribution in [0.3, 0.4) is 0 Å². The molecule has 1 N–H and O–H groups in total. The van der Waals surface area contributed by atoms with E-state index in [2.05, 4.69) is 11.6 Å². The van der Waals surface area contributed by atoms with Gasteiger partial charge in [-0.2, -0.15) is 0 Å². The van der Waals surface area contributed by atoms with Crippen LogP contribution in [0.15, 0.2) is 18.8 Å². The lowest BCUT2D eigenvalue weighted by Gasteiger charge is -1.83. The lowest BCUT2D eigenvalue weighted by atomic mass is 10.2. The molecule has 0 spiro atoms. The van der Waals surface area contributed by atoms with E-state index in [1.54, 1.807) is 18.3 Å². The lowest BCUT2D eigenvalue weighted by Crippen LogP contribution is -1.79. The minimum Gasteiger partial charge on any atom is -0.359 e. The number of aromatic amines is 1. The number of aromatic nitrogens is 1. The van der Waals surface area contributed by atoms with Crippen LogP contribution in [0.25, 0.3) is 6.08 Å². The molecular weight excluding hydrogens is 114 g/mol. The molecule has 0 saturated carbocycles. The lowest BCUT2D eigenvalue weighted by molar-refractivity contribution is 0.111. The fraction of sp³-hybridized carbons (Fsp3) is 0. The van der Waals surface area contributed by atoms with Crippen molar-refractivity contribution in [2.75, 3.05) is 0 Å². The normalized spacial score (nSPS) is 8.89. The third-order valence-corrected chi connectivity index (χ3v) is 1.15. The largest absolute Gasteiger partial charge is 0.359 e. The van der Waals surface area contributed by atoms with Gasteiger partial charge in [0, 0.05) is 11.8 Å². The Hall–Kier alpha value is -1.31. The second-order valence-electron chi connectivity index (χ2n) is 1.67. The van der Waals surface area contributed by atoms with E-state index in [1.165, 1.54) is 0 Å². The molecule has 1 aromatic rings. The van der Waals surface area contributed by atoms with E-state index in [0.717, 1.165) is 11.8 Å². The number of carbonyl (C=O) groups is 1. The molecule has 0 atom stereocenters. The molecule has 0 fully saturated rings. The van der Waals surface area contributed by atoms with Gasteiger partial charge in [-0.25, -0.2) is 0 Å². The van der Waals surface area contributed by atoms with Crippen molar-refractivity contribution in [1.82, 2.24) is 4.98 Å². The number of H-pyrrole nitrogens is 1. The van der Waals surface area contributed by atoms with E-state index >= 15 is 0 Å². The third kappa shape index (κ3) is 0.914. The van der Waals surface area contributed by atoms with Crippen molar-refractivity contribution in [3.63, 3.8) is 0 Å². The summed E-state index contributed by atoms with van der Waals surface area (Å²) in [5.41, 5.74) is 1.44. The van der Waals surface area contributed by atoms with E-state index in [4.69, 9.17) is 0 Å². The predicted octanol–water partition coefficient (Wildman–Crippen LogP) is 1.47. The number of carbonyl (C=O) groups excluding carboxylic acids is 1. The maximum absolute atomic E-state index is 10.2. The smallest absolute Gasteiger partial charge is 0.166 e. The summed E-state index contributed by atoms with van der Waals surface area (Å²) >= 11 is 0. The Morgan fingerprint density at radius 1 is 1.67 bits per heavy atom. The molecule has 0 aliphatic carbocycles. The van der Waals surface area contributed by atoms with Gasteiger partial charge in [0.1, 0.15) is 0 Å². The van der Waals surface area contributed by atoms with Crippen molar-refractivity contribution < 1.29 is 4.79 Å². The minimum absolute atomic E-state index is 0.588. The van der Waals surface area contributed by atoms with Gasteiger partial charge in [-0.05, 0) is 6.07 Å². The molecular formula is C7H7NO. The highest BCUT2D eigenvalue weighted by atomic mass is 16.1. The van der Waals surface area contributed by atoms with Gasteiger partial charge in [0.25, 0.3) is 0 Å². The summed E-state index contributed by atoms with van der Waals surface area (Å²) in [5, 5.41) is 0. The molecule has 0 unspecified atom stereocenters. The van der Waals surface area contributed by atoms with Crippen LogP contribution < -0.4 is 0 Å². The van der Waals surface area contributed by atoms with Crippen molar-refractivity contribution in [3.8, 4) is 0 Å². The first-order valence-electron chi connectivity index (χ1n) is 2.63. The quantitative estimate of drug-likeness (QED) is 0.590. The van der Waals surface area contributed by atoms with Crippen LogP contribution in [-0.4, -0.2) is 11.3 Å². The van der Waals surface area contributed by atoms with E-state index in [9.17, 15) is 4.79 Å². The van der Waals surface area contributed by atoms with E-state index in [0.29, 0.717) is 5.69 Å². The van der Waals surface area contributed by atoms with Crippen molar-refractivity contribution in [3.05, 3.63) is 30.1 Å². The highest BCUT2D eigenvalue weighted by Crippen LogP contribution is 2.03. The molecule has 1 heterocycles. The maximum Gasteiger partial charge on any atom is 0.166 e. The monoisotopic (exact) mass is 121 g/mol. The van der Waals surface area contributed by atoms with Crippen LogP contribution in [0, 0.1) is 0 Å². The average molecular weight is 121 g/mol. The van der Waals surface area contributed by atoms with Crippen LogP contribution >= 0.6 is 0 Å². The third-order valence-electron chi connectivity index (χ3n) is 1.15. The number of hydrogen-bond donors (Lipinski definition) is 1. The first-order valence-corrected chi connectivity index (χ1v) is 2.63. The molecule has 46 valence electrons. The molecule has 9 heavy (non-hydrogen) atoms. The van der Waals surface area contributed by atoms with Crippen molar-refractivity contribution in [1.29, 1.82) is 0 Å². The molecule has 0 amide bonds. The topological polar surface area (TPSA) is 32.9 Å². The predicted molar refractivity (Wildman–Crippen MR) is 36.3 cm³/mol. The molecule has 0 radical (unpaired) electrons. The van der Waals surface area contributed by atoms with Crippen LogP contribution in [0.4, 0.5) is 0 Å². The zero-order valence-corrected chi connectivity index (χ0v) is 4.92.